The Morgan fingerprint density at radius 2 is 1.89 bits per heavy atom. The van der Waals surface area contributed by atoms with Gasteiger partial charge in [-0.3, -0.25) is 9.59 Å². The van der Waals surface area contributed by atoms with Gasteiger partial charge >= 0.3 is 0 Å². The summed E-state index contributed by atoms with van der Waals surface area (Å²) < 4.78 is 0. The predicted octanol–water partition coefficient (Wildman–Crippen LogP) is 1.81. The van der Waals surface area contributed by atoms with Crippen LogP contribution in [0, 0.1) is 16.7 Å². The van der Waals surface area contributed by atoms with Crippen LogP contribution in [0.3, 0.4) is 0 Å². The van der Waals surface area contributed by atoms with Gasteiger partial charge in [0.1, 0.15) is 0 Å². The minimum Gasteiger partial charge on any atom is -0.388 e. The molecule has 3 aliphatic carbocycles. The van der Waals surface area contributed by atoms with Crippen LogP contribution in [-0.2, 0) is 9.59 Å². The van der Waals surface area contributed by atoms with Gasteiger partial charge < -0.3 is 5.11 Å². The number of carbonyl (C=O) groups is 2. The van der Waals surface area contributed by atoms with Crippen molar-refractivity contribution in [3.8, 4) is 0 Å². The fourth-order valence-corrected chi connectivity index (χ4v) is 3.77. The summed E-state index contributed by atoms with van der Waals surface area (Å²) in [6.45, 7) is 7.46. The maximum absolute atomic E-state index is 12.4. The molecule has 0 bridgehead atoms. The molecule has 0 amide bonds. The summed E-state index contributed by atoms with van der Waals surface area (Å²) in [7, 11) is 0. The van der Waals surface area contributed by atoms with Crippen molar-refractivity contribution in [3.63, 3.8) is 0 Å². The van der Waals surface area contributed by atoms with E-state index in [0.29, 0.717) is 6.42 Å². The topological polar surface area (TPSA) is 54.4 Å². The van der Waals surface area contributed by atoms with Crippen molar-refractivity contribution in [3.05, 3.63) is 22.8 Å². The lowest BCUT2D eigenvalue weighted by Crippen LogP contribution is -2.38. The van der Waals surface area contributed by atoms with Gasteiger partial charge in [0.25, 0.3) is 0 Å². The molecule has 0 spiro atoms. The number of fused-ring (bicyclic) bond motifs is 2. The normalized spacial score (nSPS) is 41.3. The van der Waals surface area contributed by atoms with Crippen molar-refractivity contribution in [2.75, 3.05) is 0 Å². The molecule has 3 heteroatoms. The van der Waals surface area contributed by atoms with Crippen LogP contribution in [0.4, 0.5) is 0 Å². The third-order valence-corrected chi connectivity index (χ3v) is 5.34. The lowest BCUT2D eigenvalue weighted by atomic mass is 9.69. The zero-order valence-electron chi connectivity index (χ0n) is 11.2. The zero-order valence-corrected chi connectivity index (χ0v) is 11.2. The summed E-state index contributed by atoms with van der Waals surface area (Å²) in [4.78, 5) is 24.2. The highest BCUT2D eigenvalue weighted by Crippen LogP contribution is 2.62. The van der Waals surface area contributed by atoms with Gasteiger partial charge in [-0.15, -0.1) is 0 Å². The summed E-state index contributed by atoms with van der Waals surface area (Å²) >= 11 is 0. The van der Waals surface area contributed by atoms with E-state index in [0.717, 1.165) is 16.7 Å². The Kier molecular flexibility index (Phi) is 1.99. The Balaban J connectivity index is 2.19. The molecule has 0 heterocycles. The number of hydrogen-bond donors (Lipinski definition) is 1. The Morgan fingerprint density at radius 3 is 2.50 bits per heavy atom. The van der Waals surface area contributed by atoms with E-state index in [2.05, 4.69) is 0 Å². The quantitative estimate of drug-likeness (QED) is 0.709. The molecule has 1 N–H and O–H groups in total. The van der Waals surface area contributed by atoms with E-state index >= 15 is 0 Å². The number of hydrogen-bond acceptors (Lipinski definition) is 3. The highest BCUT2D eigenvalue weighted by Gasteiger charge is 2.61. The SMILES string of the molecule is C[C@H]1C(=O)C=C2CC3=C([C@@H](O)C(C)(C)C3=O)[C@@]21C. The molecule has 18 heavy (non-hydrogen) atoms. The van der Waals surface area contributed by atoms with E-state index in [9.17, 15) is 14.7 Å². The number of aliphatic hydroxyl groups is 1. The lowest BCUT2D eigenvalue weighted by molar-refractivity contribution is -0.125. The summed E-state index contributed by atoms with van der Waals surface area (Å²) in [5.41, 5.74) is 1.38. The van der Waals surface area contributed by atoms with Gasteiger partial charge in [0, 0.05) is 16.9 Å². The number of rotatable bonds is 0. The van der Waals surface area contributed by atoms with Crippen LogP contribution in [0.5, 0.6) is 0 Å². The predicted molar refractivity (Wildman–Crippen MR) is 66.8 cm³/mol. The third kappa shape index (κ3) is 1.01. The van der Waals surface area contributed by atoms with E-state index in [1.54, 1.807) is 19.9 Å². The van der Waals surface area contributed by atoms with E-state index in [4.69, 9.17) is 0 Å². The number of aliphatic hydroxyl groups excluding tert-OH is 1. The first-order valence-corrected chi connectivity index (χ1v) is 6.43. The molecule has 3 atom stereocenters. The van der Waals surface area contributed by atoms with Gasteiger partial charge in [-0.1, -0.05) is 19.4 Å². The maximum atomic E-state index is 12.4. The Labute approximate surface area is 107 Å². The van der Waals surface area contributed by atoms with Crippen molar-refractivity contribution in [1.82, 2.24) is 0 Å². The molecule has 0 aromatic rings. The highest BCUT2D eigenvalue weighted by molar-refractivity contribution is 6.08. The van der Waals surface area contributed by atoms with Gasteiger partial charge in [-0.2, -0.15) is 0 Å². The number of Topliss-reactive ketones (excluding diaryl/α,β-unsaturated/α-hetero) is 1. The minimum atomic E-state index is -0.760. The summed E-state index contributed by atoms with van der Waals surface area (Å²) in [6, 6.07) is 0. The number of carbonyl (C=O) groups excluding carboxylic acids is 2. The average molecular weight is 246 g/mol. The first kappa shape index (κ1) is 11.8. The first-order valence-electron chi connectivity index (χ1n) is 6.43. The first-order chi connectivity index (χ1) is 8.22. The van der Waals surface area contributed by atoms with Gasteiger partial charge in [0.05, 0.1) is 11.5 Å². The second kappa shape index (κ2) is 3.02. The summed E-state index contributed by atoms with van der Waals surface area (Å²) in [6.07, 6.45) is 1.46. The van der Waals surface area contributed by atoms with Gasteiger partial charge in [0.15, 0.2) is 11.6 Å². The molecule has 96 valence electrons. The molecule has 0 unspecified atom stereocenters. The van der Waals surface area contributed by atoms with Crippen LogP contribution in [0.2, 0.25) is 0 Å². The summed E-state index contributed by atoms with van der Waals surface area (Å²) in [5.74, 6) is -0.0130. The number of allylic oxidation sites excluding steroid dienone is 3. The molecule has 3 aliphatic rings. The van der Waals surface area contributed by atoms with Crippen molar-refractivity contribution < 1.29 is 14.7 Å². The monoisotopic (exact) mass is 246 g/mol. The lowest BCUT2D eigenvalue weighted by Gasteiger charge is -2.35. The Hall–Kier alpha value is -1.22. The van der Waals surface area contributed by atoms with Crippen LogP contribution < -0.4 is 0 Å². The molecule has 3 rings (SSSR count). The second-order valence-electron chi connectivity index (χ2n) is 6.52. The van der Waals surface area contributed by atoms with Gasteiger partial charge in [0.2, 0.25) is 0 Å². The van der Waals surface area contributed by atoms with Crippen LogP contribution in [0.15, 0.2) is 22.8 Å². The molecule has 0 aromatic heterocycles. The second-order valence-corrected chi connectivity index (χ2v) is 6.52. The molecule has 0 radical (unpaired) electrons. The molecule has 0 aliphatic heterocycles. The Bertz CT molecular complexity index is 550. The standard InChI is InChI=1S/C15H18O3/c1-7-10(16)6-8-5-9-11(15(7,8)4)13(18)14(2,3)12(9)17/h6-7,13,18H,5H2,1-4H3/t7-,13+,15+/m0/s1. The van der Waals surface area contributed by atoms with Crippen LogP contribution in [0.25, 0.3) is 0 Å². The van der Waals surface area contributed by atoms with E-state index < -0.39 is 16.9 Å². The fraction of sp³-hybridized carbons (Fsp3) is 0.600. The smallest absolute Gasteiger partial charge is 0.167 e. The number of ketones is 2. The van der Waals surface area contributed by atoms with Gasteiger partial charge in [-0.25, -0.2) is 0 Å². The molecule has 0 saturated carbocycles. The van der Waals surface area contributed by atoms with Gasteiger partial charge in [-0.05, 0) is 31.9 Å². The van der Waals surface area contributed by atoms with Crippen LogP contribution >= 0.6 is 0 Å². The van der Waals surface area contributed by atoms with E-state index in [1.165, 1.54) is 0 Å². The Morgan fingerprint density at radius 1 is 1.28 bits per heavy atom. The van der Waals surface area contributed by atoms with Crippen molar-refractivity contribution in [1.29, 1.82) is 0 Å². The molecular formula is C15H18O3. The molecule has 0 fully saturated rings. The zero-order chi connectivity index (χ0) is 13.5. The average Bonchev–Trinajstić information content (AvgIpc) is 2.76. The highest BCUT2D eigenvalue weighted by atomic mass is 16.3. The van der Waals surface area contributed by atoms with Crippen molar-refractivity contribution in [2.24, 2.45) is 16.7 Å². The third-order valence-electron chi connectivity index (χ3n) is 5.34. The van der Waals surface area contributed by atoms with Crippen molar-refractivity contribution in [2.45, 2.75) is 40.2 Å². The van der Waals surface area contributed by atoms with E-state index in [1.807, 2.05) is 13.8 Å². The fourth-order valence-electron chi connectivity index (χ4n) is 3.77. The van der Waals surface area contributed by atoms with E-state index in [-0.39, 0.29) is 17.5 Å². The maximum Gasteiger partial charge on any atom is 0.167 e. The molecule has 0 saturated heterocycles. The summed E-state index contributed by atoms with van der Waals surface area (Å²) in [5, 5.41) is 10.5. The molecule has 3 nitrogen and oxygen atoms in total. The molecular weight excluding hydrogens is 228 g/mol. The minimum absolute atomic E-state index is 0.0428. The van der Waals surface area contributed by atoms with Crippen LogP contribution in [0.1, 0.15) is 34.1 Å². The van der Waals surface area contributed by atoms with Crippen molar-refractivity contribution >= 4 is 11.6 Å². The van der Waals surface area contributed by atoms with Crippen LogP contribution in [-0.4, -0.2) is 22.8 Å². The molecule has 0 aromatic carbocycles. The largest absolute Gasteiger partial charge is 0.388 e.